The van der Waals surface area contributed by atoms with Gasteiger partial charge in [0.1, 0.15) is 0 Å². The lowest BCUT2D eigenvalue weighted by molar-refractivity contribution is 0.640. The van der Waals surface area contributed by atoms with Gasteiger partial charge in [-0.2, -0.15) is 0 Å². The van der Waals surface area contributed by atoms with Crippen LogP contribution in [0.4, 0.5) is 0 Å². The number of hydrogen-bond donors (Lipinski definition) is 0. The Bertz CT molecular complexity index is 2040. The van der Waals surface area contributed by atoms with E-state index >= 15 is 0 Å². The average molecular weight is 753 g/mol. The Morgan fingerprint density at radius 2 is 0.518 bits per heavy atom. The Morgan fingerprint density at radius 3 is 0.768 bits per heavy atom. The minimum atomic E-state index is 0.0708. The molecule has 0 aliphatic heterocycles. The molecule has 0 amide bonds. The summed E-state index contributed by atoms with van der Waals surface area (Å²) in [5, 5.41) is 0. The van der Waals surface area contributed by atoms with Crippen molar-refractivity contribution in [2.24, 2.45) is 0 Å². The summed E-state index contributed by atoms with van der Waals surface area (Å²) >= 11 is 5.47. The second kappa shape index (κ2) is 21.1. The molecule has 0 spiro atoms. The van der Waals surface area contributed by atoms with Gasteiger partial charge in [-0.3, -0.25) is 0 Å². The molecule has 0 nitrogen and oxygen atoms in total. The zero-order valence-corrected chi connectivity index (χ0v) is 36.1. The molecule has 0 aromatic heterocycles. The molecule has 0 atom stereocenters. The van der Waals surface area contributed by atoms with E-state index < -0.39 is 0 Å². The Kier molecular flexibility index (Phi) is 16.3. The number of hydrogen-bond acceptors (Lipinski definition) is 1. The highest BCUT2D eigenvalue weighted by Crippen LogP contribution is 2.31. The summed E-state index contributed by atoms with van der Waals surface area (Å²) in [5.41, 5.74) is 18.2. The second-order valence-corrected chi connectivity index (χ2v) is 16.1. The van der Waals surface area contributed by atoms with E-state index in [1.54, 1.807) is 0 Å². The largest absolute Gasteiger partial charge is 0.0788 e. The van der Waals surface area contributed by atoms with E-state index in [0.717, 1.165) is 22.4 Å². The van der Waals surface area contributed by atoms with Gasteiger partial charge in [0.2, 0.25) is 0 Å². The van der Waals surface area contributed by atoms with Gasteiger partial charge in [-0.05, 0) is 95.2 Å². The van der Waals surface area contributed by atoms with Crippen LogP contribution in [0.5, 0.6) is 0 Å². The van der Waals surface area contributed by atoms with Crippen molar-refractivity contribution in [2.75, 3.05) is 0 Å². The van der Waals surface area contributed by atoms with Gasteiger partial charge in [-0.1, -0.05) is 240 Å². The monoisotopic (exact) mass is 752 g/mol. The van der Waals surface area contributed by atoms with E-state index in [1.165, 1.54) is 66.8 Å². The molecule has 0 bridgehead atoms. The van der Waals surface area contributed by atoms with Crippen LogP contribution in [0.25, 0.3) is 0 Å². The molecule has 0 saturated carbocycles. The maximum absolute atomic E-state index is 5.47. The molecule has 0 saturated heterocycles. The molecular formula is C55H60S. The summed E-state index contributed by atoms with van der Waals surface area (Å²) in [7, 11) is 0. The predicted octanol–water partition coefficient (Wildman–Crippen LogP) is 14.9. The van der Waals surface area contributed by atoms with Crippen molar-refractivity contribution < 1.29 is 0 Å². The summed E-state index contributed by atoms with van der Waals surface area (Å²) in [5.74, 6) is 0. The molecule has 0 fully saturated rings. The van der Waals surface area contributed by atoms with Crippen molar-refractivity contribution in [3.63, 3.8) is 0 Å². The number of thiocarbonyl (C=S) groups is 1. The van der Waals surface area contributed by atoms with Crippen LogP contribution >= 0.6 is 12.2 Å². The third-order valence-corrected chi connectivity index (χ3v) is 10.5. The number of benzene rings is 7. The summed E-state index contributed by atoms with van der Waals surface area (Å²) in [4.78, 5) is 0.917. The molecular weight excluding hydrogens is 693 g/mol. The Balaban J connectivity index is 0.000000170. The fourth-order valence-electron chi connectivity index (χ4n) is 5.97. The van der Waals surface area contributed by atoms with Crippen LogP contribution in [-0.2, 0) is 11.8 Å². The molecule has 0 N–H and O–H groups in total. The van der Waals surface area contributed by atoms with Crippen LogP contribution in [0.2, 0.25) is 0 Å². The van der Waals surface area contributed by atoms with E-state index in [0.29, 0.717) is 0 Å². The van der Waals surface area contributed by atoms with Gasteiger partial charge >= 0.3 is 0 Å². The first-order chi connectivity index (χ1) is 26.7. The first-order valence-corrected chi connectivity index (χ1v) is 20.1. The van der Waals surface area contributed by atoms with E-state index in [1.807, 2.05) is 0 Å². The van der Waals surface area contributed by atoms with Crippen LogP contribution in [0, 0.1) is 55.4 Å². The maximum atomic E-state index is 5.47. The first kappa shape index (κ1) is 43.4. The SMILES string of the molecule is Cc1ccc(C(=S)c2ccc(C)cc2)cc1.Cc1ccc(C(C)(C)c2ccc(C)cc2)cc1.Cc1ccc(C)cc1.Cc1ccc(Cc2ccc(C)cc2)cc1. The molecule has 7 rings (SSSR count). The topological polar surface area (TPSA) is 0 Å². The smallest absolute Gasteiger partial charge is 0.0521 e. The highest BCUT2D eigenvalue weighted by molar-refractivity contribution is 7.81. The number of aryl methyl sites for hydroxylation is 8. The summed E-state index contributed by atoms with van der Waals surface area (Å²) in [6, 6.07) is 60.3. The van der Waals surface area contributed by atoms with Crippen molar-refractivity contribution in [3.8, 4) is 0 Å². The highest BCUT2D eigenvalue weighted by Gasteiger charge is 2.22. The zero-order valence-electron chi connectivity index (χ0n) is 35.3. The summed E-state index contributed by atoms with van der Waals surface area (Å²) in [6.45, 7) is 21.4. The van der Waals surface area contributed by atoms with Crippen LogP contribution < -0.4 is 0 Å². The van der Waals surface area contributed by atoms with Gasteiger partial charge in [-0.15, -0.1) is 0 Å². The Labute approximate surface area is 344 Å². The molecule has 0 heterocycles. The lowest BCUT2D eigenvalue weighted by atomic mass is 9.78. The average Bonchev–Trinajstić information content (AvgIpc) is 3.19. The molecule has 0 unspecified atom stereocenters. The van der Waals surface area contributed by atoms with Gasteiger partial charge in [0.15, 0.2) is 0 Å². The maximum Gasteiger partial charge on any atom is 0.0521 e. The molecule has 0 aliphatic carbocycles. The highest BCUT2D eigenvalue weighted by atomic mass is 32.1. The zero-order chi connectivity index (χ0) is 40.7. The van der Waals surface area contributed by atoms with Gasteiger partial charge in [0.05, 0.1) is 4.86 Å². The minimum absolute atomic E-state index is 0.0708. The standard InChI is InChI=1S/C17H20.C15H14S.C15H16.C8H10/c1-13-5-9-15(10-6-13)17(3,4)16-11-7-14(2)8-12-16;1-11-3-7-13(8-4-11)15(16)14-9-5-12(2)6-10-14;1-12-3-7-14(8-4-12)11-15-9-5-13(2)6-10-15;1-7-3-5-8(2)6-4-7/h5-12H,1-4H3;3-10H,1-2H3;3-10H,11H2,1-2H3;3-6H,1-2H3. The predicted molar refractivity (Wildman–Crippen MR) is 249 cm³/mol. The molecule has 286 valence electrons. The quantitative estimate of drug-likeness (QED) is 0.120. The molecule has 0 aliphatic rings. The van der Waals surface area contributed by atoms with Crippen molar-refractivity contribution in [2.45, 2.75) is 81.1 Å². The Hall–Kier alpha value is -5.37. The van der Waals surface area contributed by atoms with E-state index in [9.17, 15) is 0 Å². The van der Waals surface area contributed by atoms with Gasteiger partial charge in [0.25, 0.3) is 0 Å². The van der Waals surface area contributed by atoms with E-state index in [4.69, 9.17) is 12.2 Å². The van der Waals surface area contributed by atoms with Crippen molar-refractivity contribution in [1.29, 1.82) is 0 Å². The van der Waals surface area contributed by atoms with Crippen LogP contribution in [0.3, 0.4) is 0 Å². The molecule has 0 radical (unpaired) electrons. The molecule has 7 aromatic carbocycles. The normalized spacial score (nSPS) is 10.5. The molecule has 7 aromatic rings. The third kappa shape index (κ3) is 14.0. The molecule has 1 heteroatoms. The minimum Gasteiger partial charge on any atom is -0.0788 e. The summed E-state index contributed by atoms with van der Waals surface area (Å²) in [6.07, 6.45) is 1.03. The van der Waals surface area contributed by atoms with Crippen LogP contribution in [0.15, 0.2) is 170 Å². The van der Waals surface area contributed by atoms with Crippen molar-refractivity contribution in [3.05, 3.63) is 248 Å². The van der Waals surface area contributed by atoms with Gasteiger partial charge < -0.3 is 0 Å². The second-order valence-electron chi connectivity index (χ2n) is 15.7. The van der Waals surface area contributed by atoms with Crippen LogP contribution in [0.1, 0.15) is 91.7 Å². The number of rotatable bonds is 6. The van der Waals surface area contributed by atoms with Gasteiger partial charge in [0, 0.05) is 5.41 Å². The van der Waals surface area contributed by atoms with Crippen molar-refractivity contribution >= 4 is 17.1 Å². The molecule has 56 heavy (non-hydrogen) atoms. The fraction of sp³-hybridized carbons (Fsp3) is 0.218. The third-order valence-electron chi connectivity index (χ3n) is 10.0. The van der Waals surface area contributed by atoms with Crippen LogP contribution in [-0.4, -0.2) is 4.86 Å². The summed E-state index contributed by atoms with van der Waals surface area (Å²) < 4.78 is 0. The van der Waals surface area contributed by atoms with Gasteiger partial charge in [-0.25, -0.2) is 0 Å². The van der Waals surface area contributed by atoms with Crippen molar-refractivity contribution in [1.82, 2.24) is 0 Å². The lowest BCUT2D eigenvalue weighted by Crippen LogP contribution is -2.18. The Morgan fingerprint density at radius 1 is 0.321 bits per heavy atom. The fourth-order valence-corrected chi connectivity index (χ4v) is 6.24. The van der Waals surface area contributed by atoms with E-state index in [2.05, 4.69) is 239 Å². The first-order valence-electron chi connectivity index (χ1n) is 19.7. The van der Waals surface area contributed by atoms with E-state index in [-0.39, 0.29) is 5.41 Å². The lowest BCUT2D eigenvalue weighted by Gasteiger charge is -2.26.